The standard InChI is InChI=1S/C10H11N3O3/c1-13(10(14)15)9-11-7-4-3-6(16-2)5-8(7)12-9/h3-5H,1-2H3,(H,11,12)(H,14,15). The zero-order valence-electron chi connectivity index (χ0n) is 8.89. The van der Waals surface area contributed by atoms with Gasteiger partial charge in [0, 0.05) is 13.1 Å². The van der Waals surface area contributed by atoms with Crippen LogP contribution >= 0.6 is 0 Å². The Hall–Kier alpha value is -2.24. The van der Waals surface area contributed by atoms with E-state index < -0.39 is 6.09 Å². The molecule has 84 valence electrons. The van der Waals surface area contributed by atoms with Crippen molar-refractivity contribution in [1.82, 2.24) is 9.97 Å². The minimum Gasteiger partial charge on any atom is -0.497 e. The van der Waals surface area contributed by atoms with Crippen LogP contribution in [0.2, 0.25) is 0 Å². The molecule has 2 N–H and O–H groups in total. The van der Waals surface area contributed by atoms with Crippen molar-refractivity contribution in [3.8, 4) is 5.75 Å². The first-order chi connectivity index (χ1) is 7.61. The van der Waals surface area contributed by atoms with Gasteiger partial charge in [-0.05, 0) is 12.1 Å². The van der Waals surface area contributed by atoms with Crippen LogP contribution in [0.3, 0.4) is 0 Å². The third kappa shape index (κ3) is 1.65. The molecule has 6 nitrogen and oxygen atoms in total. The normalized spacial score (nSPS) is 10.4. The number of methoxy groups -OCH3 is 1. The second-order valence-corrected chi connectivity index (χ2v) is 3.29. The van der Waals surface area contributed by atoms with Crippen molar-refractivity contribution in [2.75, 3.05) is 19.1 Å². The van der Waals surface area contributed by atoms with Gasteiger partial charge in [-0.2, -0.15) is 0 Å². The molecule has 0 radical (unpaired) electrons. The van der Waals surface area contributed by atoms with E-state index in [1.807, 2.05) is 0 Å². The third-order valence-corrected chi connectivity index (χ3v) is 2.28. The lowest BCUT2D eigenvalue weighted by Gasteiger charge is -2.07. The second-order valence-electron chi connectivity index (χ2n) is 3.29. The van der Waals surface area contributed by atoms with Crippen molar-refractivity contribution < 1.29 is 14.6 Å². The van der Waals surface area contributed by atoms with Gasteiger partial charge in [-0.1, -0.05) is 0 Å². The fourth-order valence-corrected chi connectivity index (χ4v) is 1.35. The first-order valence-electron chi connectivity index (χ1n) is 4.62. The third-order valence-electron chi connectivity index (χ3n) is 2.28. The summed E-state index contributed by atoms with van der Waals surface area (Å²) in [6, 6.07) is 5.30. The van der Waals surface area contributed by atoms with Crippen LogP contribution in [0.5, 0.6) is 5.75 Å². The van der Waals surface area contributed by atoms with Crippen molar-refractivity contribution in [1.29, 1.82) is 0 Å². The highest BCUT2D eigenvalue weighted by molar-refractivity contribution is 5.87. The molecule has 0 unspecified atom stereocenters. The number of nitrogens with one attached hydrogen (secondary N) is 1. The van der Waals surface area contributed by atoms with Gasteiger partial charge in [0.15, 0.2) is 0 Å². The Kier molecular flexibility index (Phi) is 2.40. The summed E-state index contributed by atoms with van der Waals surface area (Å²) in [4.78, 5) is 18.8. The molecule has 0 spiro atoms. The number of ether oxygens (including phenoxy) is 1. The highest BCUT2D eigenvalue weighted by atomic mass is 16.5. The van der Waals surface area contributed by atoms with Crippen molar-refractivity contribution >= 4 is 23.1 Å². The number of nitrogens with zero attached hydrogens (tertiary/aromatic N) is 2. The van der Waals surface area contributed by atoms with Crippen LogP contribution in [0.25, 0.3) is 11.0 Å². The molecule has 2 rings (SSSR count). The molecule has 1 aromatic carbocycles. The molecule has 16 heavy (non-hydrogen) atoms. The summed E-state index contributed by atoms with van der Waals surface area (Å²) in [5.41, 5.74) is 1.44. The van der Waals surface area contributed by atoms with Gasteiger partial charge >= 0.3 is 6.09 Å². The number of H-pyrrole nitrogens is 1. The van der Waals surface area contributed by atoms with Crippen LogP contribution < -0.4 is 9.64 Å². The summed E-state index contributed by atoms with van der Waals surface area (Å²) in [7, 11) is 3.00. The molecule has 0 atom stereocenters. The van der Waals surface area contributed by atoms with E-state index in [-0.39, 0.29) is 5.95 Å². The highest BCUT2D eigenvalue weighted by Crippen LogP contribution is 2.21. The number of rotatable bonds is 2. The number of hydrogen-bond donors (Lipinski definition) is 2. The molecule has 1 aromatic heterocycles. The Labute approximate surface area is 91.5 Å². The fourth-order valence-electron chi connectivity index (χ4n) is 1.35. The zero-order valence-corrected chi connectivity index (χ0v) is 8.89. The predicted octanol–water partition coefficient (Wildman–Crippen LogP) is 1.69. The van der Waals surface area contributed by atoms with Crippen LogP contribution in [0, 0.1) is 0 Å². The van der Waals surface area contributed by atoms with Crippen LogP contribution in [0.4, 0.5) is 10.7 Å². The first kappa shape index (κ1) is 10.3. The summed E-state index contributed by atoms with van der Waals surface area (Å²) in [6.45, 7) is 0. The summed E-state index contributed by atoms with van der Waals surface area (Å²) >= 11 is 0. The van der Waals surface area contributed by atoms with E-state index in [1.54, 1.807) is 25.3 Å². The molecule has 2 aromatic rings. The van der Waals surface area contributed by atoms with Gasteiger partial charge in [0.2, 0.25) is 5.95 Å². The average molecular weight is 221 g/mol. The molecular formula is C10H11N3O3. The Bertz CT molecular complexity index is 535. The van der Waals surface area contributed by atoms with E-state index in [9.17, 15) is 4.79 Å². The van der Waals surface area contributed by atoms with Gasteiger partial charge in [-0.3, -0.25) is 4.90 Å². The predicted molar refractivity (Wildman–Crippen MR) is 59.1 cm³/mol. The van der Waals surface area contributed by atoms with E-state index >= 15 is 0 Å². The van der Waals surface area contributed by atoms with Crippen LogP contribution in [0.1, 0.15) is 0 Å². The number of carboxylic acid groups (broad SMARTS) is 1. The fraction of sp³-hybridized carbons (Fsp3) is 0.200. The van der Waals surface area contributed by atoms with E-state index in [0.717, 1.165) is 10.4 Å². The van der Waals surface area contributed by atoms with Crippen molar-refractivity contribution in [3.63, 3.8) is 0 Å². The summed E-state index contributed by atoms with van der Waals surface area (Å²) in [5, 5.41) is 8.80. The Morgan fingerprint density at radius 1 is 1.56 bits per heavy atom. The molecule has 0 saturated carbocycles. The molecule has 0 saturated heterocycles. The molecule has 0 aliphatic rings. The minimum atomic E-state index is -1.06. The van der Waals surface area contributed by atoms with E-state index in [4.69, 9.17) is 9.84 Å². The zero-order chi connectivity index (χ0) is 11.7. The molecule has 0 fully saturated rings. The van der Waals surface area contributed by atoms with Gasteiger partial charge in [0.1, 0.15) is 5.75 Å². The minimum absolute atomic E-state index is 0.288. The molecule has 1 heterocycles. The van der Waals surface area contributed by atoms with Gasteiger partial charge in [0.05, 0.1) is 18.1 Å². The van der Waals surface area contributed by atoms with Crippen molar-refractivity contribution in [2.24, 2.45) is 0 Å². The van der Waals surface area contributed by atoms with Gasteiger partial charge in [-0.25, -0.2) is 9.78 Å². The molecule has 0 aliphatic carbocycles. The Morgan fingerprint density at radius 2 is 2.31 bits per heavy atom. The van der Waals surface area contributed by atoms with Crippen molar-refractivity contribution in [2.45, 2.75) is 0 Å². The smallest absolute Gasteiger partial charge is 0.413 e. The van der Waals surface area contributed by atoms with Gasteiger partial charge in [-0.15, -0.1) is 0 Å². The number of imidazole rings is 1. The summed E-state index contributed by atoms with van der Waals surface area (Å²) in [6.07, 6.45) is -1.06. The van der Waals surface area contributed by atoms with Gasteiger partial charge < -0.3 is 14.8 Å². The summed E-state index contributed by atoms with van der Waals surface area (Å²) in [5.74, 6) is 0.983. The maximum absolute atomic E-state index is 10.7. The number of fused-ring (bicyclic) bond motifs is 1. The number of hydrogen-bond acceptors (Lipinski definition) is 3. The maximum Gasteiger partial charge on any atom is 0.413 e. The van der Waals surface area contributed by atoms with E-state index in [0.29, 0.717) is 11.3 Å². The van der Waals surface area contributed by atoms with Crippen LogP contribution in [0.15, 0.2) is 18.2 Å². The number of aromatic nitrogens is 2. The lowest BCUT2D eigenvalue weighted by molar-refractivity contribution is 0.203. The molecule has 6 heteroatoms. The summed E-state index contributed by atoms with van der Waals surface area (Å²) < 4.78 is 5.06. The lowest BCUT2D eigenvalue weighted by Crippen LogP contribution is -2.24. The molecule has 0 aliphatic heterocycles. The van der Waals surface area contributed by atoms with Crippen LogP contribution in [-0.2, 0) is 0 Å². The number of benzene rings is 1. The largest absolute Gasteiger partial charge is 0.497 e. The lowest BCUT2D eigenvalue weighted by atomic mass is 10.3. The molecule has 0 bridgehead atoms. The Balaban J connectivity index is 2.47. The number of carbonyl (C=O) groups is 1. The van der Waals surface area contributed by atoms with Crippen LogP contribution in [-0.4, -0.2) is 35.3 Å². The average Bonchev–Trinajstić information content (AvgIpc) is 2.69. The number of anilines is 1. The SMILES string of the molecule is COc1ccc2nc(N(C)C(=O)O)[nH]c2c1. The first-order valence-corrected chi connectivity index (χ1v) is 4.62. The van der Waals surface area contributed by atoms with E-state index in [1.165, 1.54) is 7.05 Å². The number of amides is 1. The number of aromatic amines is 1. The monoisotopic (exact) mass is 221 g/mol. The maximum atomic E-state index is 10.7. The molecule has 1 amide bonds. The van der Waals surface area contributed by atoms with Gasteiger partial charge in [0.25, 0.3) is 0 Å². The quantitative estimate of drug-likeness (QED) is 0.808. The second kappa shape index (κ2) is 3.73. The van der Waals surface area contributed by atoms with Crippen molar-refractivity contribution in [3.05, 3.63) is 18.2 Å². The highest BCUT2D eigenvalue weighted by Gasteiger charge is 2.13. The Morgan fingerprint density at radius 3 is 2.94 bits per heavy atom. The molecular weight excluding hydrogens is 210 g/mol. The topological polar surface area (TPSA) is 78.4 Å². The van der Waals surface area contributed by atoms with E-state index in [2.05, 4.69) is 9.97 Å².